The van der Waals surface area contributed by atoms with Crippen LogP contribution in [0.1, 0.15) is 17.3 Å². The van der Waals surface area contributed by atoms with Gasteiger partial charge in [-0.15, -0.1) is 0 Å². The molecule has 0 unspecified atom stereocenters. The van der Waals surface area contributed by atoms with Crippen molar-refractivity contribution in [2.45, 2.75) is 6.92 Å². The maximum Gasteiger partial charge on any atom is 0.338 e. The first kappa shape index (κ1) is 17.9. The number of anilines is 2. The van der Waals surface area contributed by atoms with Crippen LogP contribution in [-0.4, -0.2) is 35.2 Å². The molecular weight excluding hydrogens is 400 g/mol. The van der Waals surface area contributed by atoms with Gasteiger partial charge in [0, 0.05) is 21.2 Å². The third-order valence-electron chi connectivity index (χ3n) is 3.64. The molecule has 0 bridgehead atoms. The van der Waals surface area contributed by atoms with Gasteiger partial charge in [-0.2, -0.15) is 5.10 Å². The fourth-order valence-electron chi connectivity index (χ4n) is 2.45. The number of aromatic nitrogens is 2. The standard InChI is InChI=1S/C18H17BrN4O3/c1-2-26-18(25)11-3-5-13(6-4-11)22-17(24)10-20-15-7-12(19)8-16-14(15)9-21-23-16/h3-9,20H,2,10H2,1H3,(H,21,23)(H,22,24). The van der Waals surface area contributed by atoms with Crippen molar-refractivity contribution in [2.75, 3.05) is 23.8 Å². The minimum Gasteiger partial charge on any atom is -0.462 e. The molecule has 134 valence electrons. The second kappa shape index (κ2) is 8.01. The average Bonchev–Trinajstić information content (AvgIpc) is 3.09. The van der Waals surface area contributed by atoms with Crippen LogP contribution in [0.5, 0.6) is 0 Å². The SMILES string of the molecule is CCOC(=O)c1ccc(NC(=O)CNc2cc(Br)cc3[nH]ncc23)cc1. The molecule has 0 aliphatic rings. The van der Waals surface area contributed by atoms with Crippen molar-refractivity contribution in [3.05, 3.63) is 52.6 Å². The van der Waals surface area contributed by atoms with Crippen molar-refractivity contribution in [2.24, 2.45) is 0 Å². The molecule has 0 aliphatic carbocycles. The Bertz CT molecular complexity index is 937. The van der Waals surface area contributed by atoms with Gasteiger partial charge >= 0.3 is 5.97 Å². The monoisotopic (exact) mass is 416 g/mol. The summed E-state index contributed by atoms with van der Waals surface area (Å²) in [6.07, 6.45) is 1.70. The average molecular weight is 417 g/mol. The summed E-state index contributed by atoms with van der Waals surface area (Å²) >= 11 is 3.43. The van der Waals surface area contributed by atoms with E-state index < -0.39 is 0 Å². The fraction of sp³-hybridized carbons (Fsp3) is 0.167. The predicted octanol–water partition coefficient (Wildman–Crippen LogP) is 3.55. The lowest BCUT2D eigenvalue weighted by Gasteiger charge is -2.10. The molecule has 2 aromatic carbocycles. The lowest BCUT2D eigenvalue weighted by molar-refractivity contribution is -0.114. The van der Waals surface area contributed by atoms with E-state index in [-0.39, 0.29) is 18.4 Å². The first-order valence-corrected chi connectivity index (χ1v) is 8.79. The summed E-state index contributed by atoms with van der Waals surface area (Å²) in [5.74, 6) is -0.587. The van der Waals surface area contributed by atoms with Crippen molar-refractivity contribution < 1.29 is 14.3 Å². The van der Waals surface area contributed by atoms with Crippen molar-refractivity contribution in [3.63, 3.8) is 0 Å². The molecule has 3 N–H and O–H groups in total. The van der Waals surface area contributed by atoms with Crippen LogP contribution in [0.4, 0.5) is 11.4 Å². The van der Waals surface area contributed by atoms with E-state index in [1.807, 2.05) is 12.1 Å². The van der Waals surface area contributed by atoms with Gasteiger partial charge in [-0.3, -0.25) is 9.89 Å². The number of nitrogens with zero attached hydrogens (tertiary/aromatic N) is 1. The molecule has 0 atom stereocenters. The first-order chi connectivity index (χ1) is 12.6. The molecule has 1 amide bonds. The van der Waals surface area contributed by atoms with Gasteiger partial charge in [-0.05, 0) is 43.3 Å². The zero-order valence-corrected chi connectivity index (χ0v) is 15.6. The zero-order chi connectivity index (χ0) is 18.5. The molecule has 0 spiro atoms. The Morgan fingerprint density at radius 1 is 1.23 bits per heavy atom. The Morgan fingerprint density at radius 3 is 2.73 bits per heavy atom. The van der Waals surface area contributed by atoms with Gasteiger partial charge in [0.25, 0.3) is 0 Å². The summed E-state index contributed by atoms with van der Waals surface area (Å²) < 4.78 is 5.81. The molecule has 7 nitrogen and oxygen atoms in total. The Kier molecular flexibility index (Phi) is 5.52. The van der Waals surface area contributed by atoms with E-state index in [4.69, 9.17) is 4.74 Å². The highest BCUT2D eigenvalue weighted by molar-refractivity contribution is 9.10. The van der Waals surface area contributed by atoms with Crippen molar-refractivity contribution in [1.82, 2.24) is 10.2 Å². The lowest BCUT2D eigenvalue weighted by Crippen LogP contribution is -2.21. The highest BCUT2D eigenvalue weighted by Crippen LogP contribution is 2.26. The summed E-state index contributed by atoms with van der Waals surface area (Å²) in [6, 6.07) is 10.4. The number of aromatic amines is 1. The van der Waals surface area contributed by atoms with Crippen LogP contribution in [0.2, 0.25) is 0 Å². The lowest BCUT2D eigenvalue weighted by atomic mass is 10.2. The van der Waals surface area contributed by atoms with Gasteiger partial charge in [0.05, 0.1) is 30.4 Å². The largest absolute Gasteiger partial charge is 0.462 e. The number of carbonyl (C=O) groups is 2. The molecule has 3 rings (SSSR count). The molecule has 3 aromatic rings. The molecule has 1 aromatic heterocycles. The number of hydrogen-bond acceptors (Lipinski definition) is 5. The molecule has 8 heteroatoms. The molecule has 26 heavy (non-hydrogen) atoms. The van der Waals surface area contributed by atoms with E-state index in [1.54, 1.807) is 37.4 Å². The Morgan fingerprint density at radius 2 is 2.00 bits per heavy atom. The van der Waals surface area contributed by atoms with Gasteiger partial charge in [0.2, 0.25) is 5.91 Å². The topological polar surface area (TPSA) is 96.1 Å². The van der Waals surface area contributed by atoms with Gasteiger partial charge in [-0.1, -0.05) is 15.9 Å². The van der Waals surface area contributed by atoms with Gasteiger partial charge < -0.3 is 15.4 Å². The number of benzene rings is 2. The second-order valence-electron chi connectivity index (χ2n) is 5.48. The smallest absolute Gasteiger partial charge is 0.338 e. The van der Waals surface area contributed by atoms with Crippen LogP contribution in [0.3, 0.4) is 0 Å². The normalized spacial score (nSPS) is 10.5. The number of H-pyrrole nitrogens is 1. The Hall–Kier alpha value is -2.87. The van der Waals surface area contributed by atoms with E-state index in [2.05, 4.69) is 36.8 Å². The molecule has 0 radical (unpaired) electrons. The third-order valence-corrected chi connectivity index (χ3v) is 4.10. The number of esters is 1. The summed E-state index contributed by atoms with van der Waals surface area (Å²) in [5.41, 5.74) is 2.72. The number of carbonyl (C=O) groups excluding carboxylic acids is 2. The minimum absolute atomic E-state index is 0.0936. The first-order valence-electron chi connectivity index (χ1n) is 8.00. The number of nitrogens with one attached hydrogen (secondary N) is 3. The Balaban J connectivity index is 1.60. The van der Waals surface area contributed by atoms with Gasteiger partial charge in [-0.25, -0.2) is 4.79 Å². The van der Waals surface area contributed by atoms with Crippen LogP contribution < -0.4 is 10.6 Å². The summed E-state index contributed by atoms with van der Waals surface area (Å²) in [6.45, 7) is 2.17. The van der Waals surface area contributed by atoms with E-state index in [1.165, 1.54) is 0 Å². The van der Waals surface area contributed by atoms with Crippen molar-refractivity contribution >= 4 is 50.1 Å². The molecule has 0 saturated carbocycles. The van der Waals surface area contributed by atoms with E-state index >= 15 is 0 Å². The molecule has 0 aliphatic heterocycles. The summed E-state index contributed by atoms with van der Waals surface area (Å²) in [5, 5.41) is 13.7. The highest BCUT2D eigenvalue weighted by Gasteiger charge is 2.09. The fourth-order valence-corrected chi connectivity index (χ4v) is 2.90. The molecule has 0 saturated heterocycles. The van der Waals surface area contributed by atoms with Crippen LogP contribution in [0, 0.1) is 0 Å². The second-order valence-corrected chi connectivity index (χ2v) is 6.40. The zero-order valence-electron chi connectivity index (χ0n) is 14.0. The predicted molar refractivity (Wildman–Crippen MR) is 103 cm³/mol. The number of fused-ring (bicyclic) bond motifs is 1. The van der Waals surface area contributed by atoms with Gasteiger partial charge in [0.15, 0.2) is 0 Å². The highest BCUT2D eigenvalue weighted by atomic mass is 79.9. The van der Waals surface area contributed by atoms with Crippen LogP contribution >= 0.6 is 15.9 Å². The van der Waals surface area contributed by atoms with Crippen LogP contribution in [0.25, 0.3) is 10.9 Å². The number of halogens is 1. The van der Waals surface area contributed by atoms with Crippen molar-refractivity contribution in [1.29, 1.82) is 0 Å². The van der Waals surface area contributed by atoms with Crippen LogP contribution in [-0.2, 0) is 9.53 Å². The minimum atomic E-state index is -0.383. The van der Waals surface area contributed by atoms with Gasteiger partial charge in [0.1, 0.15) is 0 Å². The molecule has 1 heterocycles. The van der Waals surface area contributed by atoms with Crippen LogP contribution in [0.15, 0.2) is 47.1 Å². The van der Waals surface area contributed by atoms with Crippen molar-refractivity contribution in [3.8, 4) is 0 Å². The van der Waals surface area contributed by atoms with E-state index in [9.17, 15) is 9.59 Å². The third kappa shape index (κ3) is 4.20. The molecular formula is C18H17BrN4O3. The van der Waals surface area contributed by atoms with E-state index in [0.717, 1.165) is 21.1 Å². The number of amides is 1. The number of ether oxygens (including phenoxy) is 1. The maximum absolute atomic E-state index is 12.2. The Labute approximate surface area is 158 Å². The van der Waals surface area contributed by atoms with E-state index in [0.29, 0.717) is 17.9 Å². The maximum atomic E-state index is 12.2. The quantitative estimate of drug-likeness (QED) is 0.533. The molecule has 0 fully saturated rings. The summed E-state index contributed by atoms with van der Waals surface area (Å²) in [4.78, 5) is 23.8. The summed E-state index contributed by atoms with van der Waals surface area (Å²) in [7, 11) is 0. The number of rotatable bonds is 6. The number of hydrogen-bond donors (Lipinski definition) is 3.